The Morgan fingerprint density at radius 2 is 2.18 bits per heavy atom. The summed E-state index contributed by atoms with van der Waals surface area (Å²) in [5.74, 6) is 0.802. The standard InChI is InChI=1S/C12H17Cl2N3/c1-12(2)7-17(4-3-10(12)15)11-9(14)5-8(13)6-16-11/h5-6,10H,3-4,7,15H2,1-2H3. The van der Waals surface area contributed by atoms with E-state index in [4.69, 9.17) is 28.9 Å². The van der Waals surface area contributed by atoms with E-state index >= 15 is 0 Å². The molecule has 1 aliphatic rings. The van der Waals surface area contributed by atoms with Crippen LogP contribution < -0.4 is 10.6 Å². The minimum atomic E-state index is 0.0723. The molecule has 0 spiro atoms. The predicted octanol–water partition coefficient (Wildman–Crippen LogP) is 2.95. The summed E-state index contributed by atoms with van der Waals surface area (Å²) in [4.78, 5) is 6.50. The Morgan fingerprint density at radius 3 is 2.76 bits per heavy atom. The Hall–Kier alpha value is -0.510. The van der Waals surface area contributed by atoms with Crippen molar-refractivity contribution in [1.82, 2.24) is 4.98 Å². The van der Waals surface area contributed by atoms with E-state index in [0.717, 1.165) is 25.3 Å². The van der Waals surface area contributed by atoms with E-state index in [2.05, 4.69) is 23.7 Å². The van der Waals surface area contributed by atoms with Crippen molar-refractivity contribution < 1.29 is 0 Å². The summed E-state index contributed by atoms with van der Waals surface area (Å²) < 4.78 is 0. The van der Waals surface area contributed by atoms with Crippen LogP contribution in [0.2, 0.25) is 10.0 Å². The second kappa shape index (κ2) is 4.63. The molecule has 94 valence electrons. The molecule has 0 aliphatic carbocycles. The van der Waals surface area contributed by atoms with Crippen LogP contribution in [-0.4, -0.2) is 24.1 Å². The van der Waals surface area contributed by atoms with Crippen molar-refractivity contribution in [2.75, 3.05) is 18.0 Å². The SMILES string of the molecule is CC1(C)CN(c2ncc(Cl)cc2Cl)CCC1N. The highest BCUT2D eigenvalue weighted by atomic mass is 35.5. The average Bonchev–Trinajstić information content (AvgIpc) is 2.22. The lowest BCUT2D eigenvalue weighted by Crippen LogP contribution is -2.52. The first-order chi connectivity index (χ1) is 7.90. The molecule has 1 aromatic heterocycles. The van der Waals surface area contributed by atoms with Crippen molar-refractivity contribution in [1.29, 1.82) is 0 Å². The van der Waals surface area contributed by atoms with Crippen LogP contribution in [-0.2, 0) is 0 Å². The van der Waals surface area contributed by atoms with Gasteiger partial charge in [-0.3, -0.25) is 0 Å². The van der Waals surface area contributed by atoms with Crippen molar-refractivity contribution in [3.05, 3.63) is 22.3 Å². The molecule has 0 bridgehead atoms. The number of anilines is 1. The summed E-state index contributed by atoms with van der Waals surface area (Å²) in [5.41, 5.74) is 6.19. The van der Waals surface area contributed by atoms with Gasteiger partial charge in [0.05, 0.1) is 10.0 Å². The molecule has 1 atom stereocenters. The minimum Gasteiger partial charge on any atom is -0.355 e. The number of rotatable bonds is 1. The third-order valence-corrected chi connectivity index (χ3v) is 3.88. The summed E-state index contributed by atoms with van der Waals surface area (Å²) in [5, 5.41) is 1.16. The predicted molar refractivity (Wildman–Crippen MR) is 72.8 cm³/mol. The molecule has 2 heterocycles. The van der Waals surface area contributed by atoms with Crippen molar-refractivity contribution in [2.45, 2.75) is 26.3 Å². The Balaban J connectivity index is 2.24. The molecule has 0 amide bonds. The summed E-state index contributed by atoms with van der Waals surface area (Å²) in [6, 6.07) is 1.96. The number of hydrogen-bond acceptors (Lipinski definition) is 3. The quantitative estimate of drug-likeness (QED) is 0.856. The third kappa shape index (κ3) is 2.67. The topological polar surface area (TPSA) is 42.2 Å². The summed E-state index contributed by atoms with van der Waals surface area (Å²) in [6.07, 6.45) is 2.58. The van der Waals surface area contributed by atoms with Crippen LogP contribution in [0.15, 0.2) is 12.3 Å². The Kier molecular flexibility index (Phi) is 3.53. The fourth-order valence-electron chi connectivity index (χ4n) is 2.19. The highest BCUT2D eigenvalue weighted by Gasteiger charge is 2.34. The molecule has 1 fully saturated rings. The average molecular weight is 274 g/mol. The van der Waals surface area contributed by atoms with Crippen molar-refractivity contribution in [3.8, 4) is 0 Å². The fourth-order valence-corrected chi connectivity index (χ4v) is 2.69. The lowest BCUT2D eigenvalue weighted by Gasteiger charge is -2.43. The second-order valence-electron chi connectivity index (χ2n) is 5.26. The number of hydrogen-bond donors (Lipinski definition) is 1. The first-order valence-electron chi connectivity index (χ1n) is 5.72. The molecular weight excluding hydrogens is 257 g/mol. The molecule has 0 radical (unpaired) electrons. The zero-order valence-corrected chi connectivity index (χ0v) is 11.6. The third-order valence-electron chi connectivity index (χ3n) is 3.40. The number of piperidine rings is 1. The van der Waals surface area contributed by atoms with Gasteiger partial charge in [0.1, 0.15) is 5.82 Å². The number of aromatic nitrogens is 1. The van der Waals surface area contributed by atoms with Crippen LogP contribution in [0.4, 0.5) is 5.82 Å². The Labute approximate surface area is 112 Å². The molecule has 5 heteroatoms. The summed E-state index contributed by atoms with van der Waals surface area (Å²) in [7, 11) is 0. The van der Waals surface area contributed by atoms with Crippen LogP contribution in [0, 0.1) is 5.41 Å². The van der Waals surface area contributed by atoms with E-state index in [1.165, 1.54) is 0 Å². The van der Waals surface area contributed by atoms with Gasteiger partial charge in [-0.1, -0.05) is 37.0 Å². The normalized spacial score (nSPS) is 23.8. The lowest BCUT2D eigenvalue weighted by molar-refractivity contribution is 0.244. The van der Waals surface area contributed by atoms with E-state index in [0.29, 0.717) is 10.0 Å². The fraction of sp³-hybridized carbons (Fsp3) is 0.583. The molecular formula is C12H17Cl2N3. The van der Waals surface area contributed by atoms with Crippen molar-refractivity contribution in [3.63, 3.8) is 0 Å². The molecule has 3 nitrogen and oxygen atoms in total. The Bertz CT molecular complexity index is 420. The van der Waals surface area contributed by atoms with Crippen LogP contribution in [0.1, 0.15) is 20.3 Å². The van der Waals surface area contributed by atoms with E-state index < -0.39 is 0 Å². The largest absolute Gasteiger partial charge is 0.355 e. The first kappa shape index (κ1) is 12.9. The van der Waals surface area contributed by atoms with Gasteiger partial charge in [0.2, 0.25) is 0 Å². The van der Waals surface area contributed by atoms with Gasteiger partial charge in [0.25, 0.3) is 0 Å². The second-order valence-corrected chi connectivity index (χ2v) is 6.11. The van der Waals surface area contributed by atoms with Gasteiger partial charge in [0, 0.05) is 25.3 Å². The van der Waals surface area contributed by atoms with Crippen LogP contribution in [0.3, 0.4) is 0 Å². The number of nitrogens with zero attached hydrogens (tertiary/aromatic N) is 2. The van der Waals surface area contributed by atoms with Gasteiger partial charge >= 0.3 is 0 Å². The van der Waals surface area contributed by atoms with Crippen LogP contribution in [0.5, 0.6) is 0 Å². The molecule has 1 saturated heterocycles. The van der Waals surface area contributed by atoms with E-state index in [9.17, 15) is 0 Å². The van der Waals surface area contributed by atoms with Crippen LogP contribution in [0.25, 0.3) is 0 Å². The summed E-state index contributed by atoms with van der Waals surface area (Å²) in [6.45, 7) is 6.10. The zero-order chi connectivity index (χ0) is 12.6. The van der Waals surface area contributed by atoms with Gasteiger partial charge in [0.15, 0.2) is 0 Å². The van der Waals surface area contributed by atoms with E-state index in [1.807, 2.05) is 0 Å². The van der Waals surface area contributed by atoms with Gasteiger partial charge in [-0.25, -0.2) is 4.98 Å². The maximum atomic E-state index is 6.17. The maximum absolute atomic E-state index is 6.17. The van der Waals surface area contributed by atoms with Gasteiger partial charge in [-0.2, -0.15) is 0 Å². The van der Waals surface area contributed by atoms with Crippen LogP contribution >= 0.6 is 23.2 Å². The summed E-state index contributed by atoms with van der Waals surface area (Å²) >= 11 is 12.0. The molecule has 1 aliphatic heterocycles. The van der Waals surface area contributed by atoms with Gasteiger partial charge in [-0.05, 0) is 17.9 Å². The molecule has 1 aromatic rings. The Morgan fingerprint density at radius 1 is 1.47 bits per heavy atom. The molecule has 2 rings (SSSR count). The van der Waals surface area contributed by atoms with Crippen molar-refractivity contribution >= 4 is 29.0 Å². The maximum Gasteiger partial charge on any atom is 0.147 e. The molecule has 1 unspecified atom stereocenters. The smallest absolute Gasteiger partial charge is 0.147 e. The minimum absolute atomic E-state index is 0.0723. The number of pyridine rings is 1. The molecule has 0 aromatic carbocycles. The lowest BCUT2D eigenvalue weighted by atomic mass is 9.80. The highest BCUT2D eigenvalue weighted by molar-refractivity contribution is 6.36. The number of nitrogens with two attached hydrogens (primary N) is 1. The highest BCUT2D eigenvalue weighted by Crippen LogP contribution is 2.33. The van der Waals surface area contributed by atoms with Gasteiger partial charge in [-0.15, -0.1) is 0 Å². The molecule has 0 saturated carbocycles. The molecule has 17 heavy (non-hydrogen) atoms. The first-order valence-corrected chi connectivity index (χ1v) is 6.47. The number of halogens is 2. The molecule has 2 N–H and O–H groups in total. The zero-order valence-electron chi connectivity index (χ0n) is 10.1. The van der Waals surface area contributed by atoms with E-state index in [-0.39, 0.29) is 11.5 Å². The van der Waals surface area contributed by atoms with E-state index in [1.54, 1.807) is 12.3 Å². The van der Waals surface area contributed by atoms with Crippen molar-refractivity contribution in [2.24, 2.45) is 11.1 Å². The monoisotopic (exact) mass is 273 g/mol. The van der Waals surface area contributed by atoms with Gasteiger partial charge < -0.3 is 10.6 Å².